The van der Waals surface area contributed by atoms with Crippen LogP contribution in [-0.4, -0.2) is 66.1 Å². The fourth-order valence-corrected chi connectivity index (χ4v) is 7.49. The highest BCUT2D eigenvalue weighted by atomic mass is 19.1. The summed E-state index contributed by atoms with van der Waals surface area (Å²) in [6, 6.07) is 18.1. The first-order valence-corrected chi connectivity index (χ1v) is 17.9. The van der Waals surface area contributed by atoms with Gasteiger partial charge in [0.2, 0.25) is 5.91 Å². The number of hydrogen-bond donors (Lipinski definition) is 2. The van der Waals surface area contributed by atoms with E-state index in [1.54, 1.807) is 14.2 Å². The monoisotopic (exact) mass is 713 g/mol. The van der Waals surface area contributed by atoms with Crippen molar-refractivity contribution in [2.24, 2.45) is 9.98 Å². The van der Waals surface area contributed by atoms with E-state index in [0.29, 0.717) is 43.0 Å². The maximum Gasteiger partial charge on any atom is 0.275 e. The molecule has 12 heteroatoms. The molecule has 3 aromatic carbocycles. The van der Waals surface area contributed by atoms with Gasteiger partial charge in [-0.1, -0.05) is 61.4 Å². The highest BCUT2D eigenvalue weighted by Crippen LogP contribution is 2.40. The number of nitrogens with one attached hydrogen (secondary N) is 2. The van der Waals surface area contributed by atoms with E-state index in [2.05, 4.69) is 10.6 Å². The fraction of sp³-hybridized carbons (Fsp3) is 0.425. The predicted molar refractivity (Wildman–Crippen MR) is 194 cm³/mol. The van der Waals surface area contributed by atoms with Crippen molar-refractivity contribution < 1.29 is 32.6 Å². The lowest BCUT2D eigenvalue weighted by Gasteiger charge is -2.38. The molecule has 2 fully saturated rings. The van der Waals surface area contributed by atoms with E-state index < -0.39 is 23.2 Å². The highest BCUT2D eigenvalue weighted by Gasteiger charge is 2.48. The molecule has 0 unspecified atom stereocenters. The van der Waals surface area contributed by atoms with E-state index in [9.17, 15) is 23.2 Å². The number of anilines is 1. The van der Waals surface area contributed by atoms with Crippen LogP contribution < -0.4 is 10.6 Å². The molecule has 0 saturated heterocycles. The van der Waals surface area contributed by atoms with Crippen molar-refractivity contribution in [1.29, 1.82) is 0 Å². The lowest BCUT2D eigenvalue weighted by Crippen LogP contribution is -2.51. The van der Waals surface area contributed by atoms with Crippen LogP contribution in [0.1, 0.15) is 86.5 Å². The molecule has 2 spiro atoms. The Hall–Kier alpha value is -4.81. The number of methoxy groups -OCH3 is 2. The lowest BCUT2D eigenvalue weighted by molar-refractivity contribution is -0.134. The van der Waals surface area contributed by atoms with E-state index in [-0.39, 0.29) is 29.7 Å². The minimum Gasteiger partial charge on any atom is -0.380 e. The van der Waals surface area contributed by atoms with Crippen LogP contribution >= 0.6 is 0 Å². The predicted octanol–water partition coefficient (Wildman–Crippen LogP) is 6.45. The smallest absolute Gasteiger partial charge is 0.275 e. The third-order valence-corrected chi connectivity index (χ3v) is 10.0. The number of halogens is 2. The molecule has 0 atom stereocenters. The van der Waals surface area contributed by atoms with Gasteiger partial charge in [0.1, 0.15) is 40.9 Å². The summed E-state index contributed by atoms with van der Waals surface area (Å²) in [6.45, 7) is 0.812. The van der Waals surface area contributed by atoms with Gasteiger partial charge >= 0.3 is 0 Å². The number of aliphatic imine (C=N–C) groups is 2. The number of hydrogen-bond acceptors (Lipinski definition) is 7. The van der Waals surface area contributed by atoms with Crippen LogP contribution in [0.3, 0.4) is 0 Å². The summed E-state index contributed by atoms with van der Waals surface area (Å²) in [5.41, 5.74) is 3.50. The molecule has 10 nitrogen and oxygen atoms in total. The number of carbonyl (C=O) groups is 3. The molecule has 3 aromatic rings. The summed E-state index contributed by atoms with van der Waals surface area (Å²) < 4.78 is 37.2. The minimum atomic E-state index is -0.788. The summed E-state index contributed by atoms with van der Waals surface area (Å²) in [5.74, 6) is -2.45. The molecular formula is C40H45F2N5O5. The number of amides is 3. The van der Waals surface area contributed by atoms with Gasteiger partial charge in [0.25, 0.3) is 11.8 Å². The fourth-order valence-electron chi connectivity index (χ4n) is 7.49. The first-order valence-electron chi connectivity index (χ1n) is 17.9. The van der Waals surface area contributed by atoms with Crippen molar-refractivity contribution in [2.75, 3.05) is 26.1 Å². The molecule has 2 aliphatic carbocycles. The molecule has 0 bridgehead atoms. The molecule has 7 rings (SSSR count). The zero-order chi connectivity index (χ0) is 36.7. The SMILES string of the molecule is COCc1ccc(C2=NC3(CCCCC3)N(CC(=O)Nc3cc(F)cc(F)c3)C2=O)cc1.COCc1ccc(C2=NC3(CCCCC3)NC2=O)cc1. The Morgan fingerprint density at radius 3 is 1.81 bits per heavy atom. The van der Waals surface area contributed by atoms with Gasteiger partial charge < -0.3 is 25.0 Å². The van der Waals surface area contributed by atoms with Gasteiger partial charge in [0.05, 0.1) is 13.2 Å². The van der Waals surface area contributed by atoms with Crippen LogP contribution in [0.25, 0.3) is 0 Å². The van der Waals surface area contributed by atoms with Crippen LogP contribution in [0.15, 0.2) is 76.7 Å². The quantitative estimate of drug-likeness (QED) is 0.264. The zero-order valence-corrected chi connectivity index (χ0v) is 29.7. The van der Waals surface area contributed by atoms with Crippen molar-refractivity contribution in [3.8, 4) is 0 Å². The normalized spacial score (nSPS) is 18.8. The Kier molecular flexibility index (Phi) is 11.6. The van der Waals surface area contributed by atoms with E-state index in [1.807, 2.05) is 48.5 Å². The number of carbonyl (C=O) groups excluding carboxylic acids is 3. The molecule has 2 aliphatic heterocycles. The van der Waals surface area contributed by atoms with Gasteiger partial charge in [-0.05, 0) is 74.6 Å². The summed E-state index contributed by atoms with van der Waals surface area (Å²) in [7, 11) is 3.29. The van der Waals surface area contributed by atoms with E-state index in [1.165, 1.54) is 11.3 Å². The summed E-state index contributed by atoms with van der Waals surface area (Å²) in [5, 5.41) is 5.58. The van der Waals surface area contributed by atoms with E-state index >= 15 is 0 Å². The Balaban J connectivity index is 0.000000198. The summed E-state index contributed by atoms with van der Waals surface area (Å²) in [6.07, 6.45) is 9.66. The van der Waals surface area contributed by atoms with Crippen molar-refractivity contribution in [1.82, 2.24) is 10.2 Å². The topological polar surface area (TPSA) is 122 Å². The molecule has 52 heavy (non-hydrogen) atoms. The molecule has 2 heterocycles. The Bertz CT molecular complexity index is 1810. The van der Waals surface area contributed by atoms with Crippen LogP contribution in [-0.2, 0) is 37.1 Å². The molecule has 2 saturated carbocycles. The number of rotatable bonds is 9. The van der Waals surface area contributed by atoms with Gasteiger partial charge in [0.15, 0.2) is 0 Å². The summed E-state index contributed by atoms with van der Waals surface area (Å²) >= 11 is 0. The molecule has 2 N–H and O–H groups in total. The average Bonchev–Trinajstić information content (AvgIpc) is 3.58. The lowest BCUT2D eigenvalue weighted by atomic mass is 9.88. The third-order valence-electron chi connectivity index (χ3n) is 10.0. The van der Waals surface area contributed by atoms with Crippen LogP contribution in [0.2, 0.25) is 0 Å². The average molecular weight is 714 g/mol. The maximum atomic E-state index is 13.5. The minimum absolute atomic E-state index is 0.00622. The summed E-state index contributed by atoms with van der Waals surface area (Å²) in [4.78, 5) is 49.3. The second kappa shape index (κ2) is 16.2. The molecule has 0 radical (unpaired) electrons. The second-order valence-electron chi connectivity index (χ2n) is 13.9. The second-order valence-corrected chi connectivity index (χ2v) is 13.9. The Labute approximate surface area is 302 Å². The van der Waals surface area contributed by atoms with Crippen LogP contribution in [0.5, 0.6) is 0 Å². The molecule has 0 aromatic heterocycles. The van der Waals surface area contributed by atoms with Gasteiger partial charge in [-0.25, -0.2) is 8.78 Å². The Morgan fingerprint density at radius 2 is 1.27 bits per heavy atom. The first-order chi connectivity index (χ1) is 25.1. The molecule has 274 valence electrons. The third kappa shape index (κ3) is 8.45. The number of benzene rings is 3. The van der Waals surface area contributed by atoms with Gasteiger partial charge in [-0.3, -0.25) is 24.4 Å². The molecule has 4 aliphatic rings. The maximum absolute atomic E-state index is 13.5. The van der Waals surface area contributed by atoms with Crippen molar-refractivity contribution in [3.63, 3.8) is 0 Å². The highest BCUT2D eigenvalue weighted by molar-refractivity contribution is 6.47. The number of ether oxygens (including phenoxy) is 2. The molecular weight excluding hydrogens is 668 g/mol. The standard InChI is InChI=1S/C24H25F2N3O3.C16H20N2O2/c1-32-15-16-5-7-17(8-6-16)22-23(31)29(24(28-22)9-3-2-4-10-24)14-21(30)27-20-12-18(25)11-19(26)13-20;1-20-11-12-5-7-13(8-6-12)14-15(19)18-16(17-14)9-3-2-4-10-16/h5-8,11-13H,2-4,9-10,14-15H2,1H3,(H,27,30);5-8H,2-4,9-11H2,1H3,(H,18,19). The van der Waals surface area contributed by atoms with Crippen molar-refractivity contribution in [2.45, 2.75) is 88.7 Å². The van der Waals surface area contributed by atoms with Crippen molar-refractivity contribution in [3.05, 3.63) is 101 Å². The van der Waals surface area contributed by atoms with Crippen LogP contribution in [0.4, 0.5) is 14.5 Å². The van der Waals surface area contributed by atoms with E-state index in [0.717, 1.165) is 79.8 Å². The first kappa shape index (κ1) is 37.0. The van der Waals surface area contributed by atoms with Crippen molar-refractivity contribution >= 4 is 34.8 Å². The van der Waals surface area contributed by atoms with Gasteiger partial charge in [-0.2, -0.15) is 0 Å². The Morgan fingerprint density at radius 1 is 0.750 bits per heavy atom. The van der Waals surface area contributed by atoms with Gasteiger partial charge in [-0.15, -0.1) is 0 Å². The number of nitrogens with zero attached hydrogens (tertiary/aromatic N) is 3. The van der Waals surface area contributed by atoms with Crippen LogP contribution in [0, 0.1) is 11.6 Å². The molecule has 3 amide bonds. The largest absolute Gasteiger partial charge is 0.380 e. The zero-order valence-electron chi connectivity index (χ0n) is 29.7. The van der Waals surface area contributed by atoms with E-state index in [4.69, 9.17) is 19.5 Å². The van der Waals surface area contributed by atoms with Gasteiger partial charge in [0, 0.05) is 37.1 Å².